The molecule has 4 N–H and O–H groups in total. The van der Waals surface area contributed by atoms with Crippen LogP contribution >= 0.6 is 0 Å². The number of nitrogen functional groups attached to an aromatic ring is 1. The van der Waals surface area contributed by atoms with Gasteiger partial charge in [0.15, 0.2) is 23.3 Å². The lowest BCUT2D eigenvalue weighted by atomic mass is 10.3. The van der Waals surface area contributed by atoms with E-state index in [-0.39, 0.29) is 10.7 Å². The summed E-state index contributed by atoms with van der Waals surface area (Å²) < 4.78 is 65.1. The Bertz CT molecular complexity index is 760. The Labute approximate surface area is 117 Å². The number of nitrogens with zero attached hydrogens (tertiary/aromatic N) is 1. The summed E-state index contributed by atoms with van der Waals surface area (Å²) in [5.41, 5.74) is 1.61. The van der Waals surface area contributed by atoms with Crippen LogP contribution in [0.15, 0.2) is 35.4 Å². The maximum Gasteiger partial charge on any atom is 0.265 e. The maximum absolute atomic E-state index is 13.1. The lowest BCUT2D eigenvalue weighted by Crippen LogP contribution is -2.18. The molecule has 21 heavy (non-hydrogen) atoms. The summed E-state index contributed by atoms with van der Waals surface area (Å²) in [4.78, 5) is 3.36. The van der Waals surface area contributed by atoms with Gasteiger partial charge >= 0.3 is 0 Å². The Kier molecular flexibility index (Phi) is 4.00. The predicted octanol–water partition coefficient (Wildman–Crippen LogP) is 1.59. The highest BCUT2D eigenvalue weighted by Crippen LogP contribution is 2.23. The Hall–Kier alpha value is -2.33. The minimum atomic E-state index is -4.21. The van der Waals surface area contributed by atoms with Gasteiger partial charge in [-0.1, -0.05) is 0 Å². The summed E-state index contributed by atoms with van der Waals surface area (Å²) in [5, 5.41) is 0. The fraction of sp³-hybridized carbons (Fsp3) is 0. The minimum Gasteiger partial charge on any atom is -0.307 e. The van der Waals surface area contributed by atoms with Gasteiger partial charge in [0.2, 0.25) is 0 Å². The van der Waals surface area contributed by atoms with Gasteiger partial charge in [0.05, 0.1) is 5.69 Å². The molecule has 1 heterocycles. The first-order valence-electron chi connectivity index (χ1n) is 5.44. The fourth-order valence-corrected chi connectivity index (χ4v) is 2.70. The highest BCUT2D eigenvalue weighted by molar-refractivity contribution is 7.92. The third-order valence-electron chi connectivity index (χ3n) is 2.43. The lowest BCUT2D eigenvalue weighted by molar-refractivity contribution is 0.448. The predicted molar refractivity (Wildman–Crippen MR) is 69.2 cm³/mol. The molecule has 0 saturated heterocycles. The molecule has 0 spiro atoms. The van der Waals surface area contributed by atoms with Crippen LogP contribution in [0, 0.1) is 17.5 Å². The van der Waals surface area contributed by atoms with E-state index in [9.17, 15) is 21.6 Å². The van der Waals surface area contributed by atoms with Gasteiger partial charge in [0, 0.05) is 18.3 Å². The van der Waals surface area contributed by atoms with Crippen LogP contribution in [0.4, 0.5) is 24.7 Å². The molecule has 0 aliphatic rings. The first-order chi connectivity index (χ1) is 9.85. The van der Waals surface area contributed by atoms with Gasteiger partial charge in [-0.05, 0) is 12.1 Å². The van der Waals surface area contributed by atoms with E-state index in [1.165, 1.54) is 18.3 Å². The highest BCUT2D eigenvalue weighted by atomic mass is 32.2. The molecule has 2 aromatic rings. The van der Waals surface area contributed by atoms with E-state index < -0.39 is 33.2 Å². The number of hydrogen-bond acceptors (Lipinski definition) is 5. The molecule has 0 unspecified atom stereocenters. The average molecular weight is 318 g/mol. The first-order valence-corrected chi connectivity index (χ1v) is 6.92. The largest absolute Gasteiger partial charge is 0.307 e. The van der Waals surface area contributed by atoms with Gasteiger partial charge in [-0.15, -0.1) is 0 Å². The number of pyridine rings is 1. The van der Waals surface area contributed by atoms with E-state index in [1.807, 2.05) is 4.72 Å². The van der Waals surface area contributed by atoms with E-state index in [4.69, 9.17) is 5.84 Å². The Morgan fingerprint density at radius 1 is 1.14 bits per heavy atom. The molecule has 0 atom stereocenters. The van der Waals surface area contributed by atoms with Gasteiger partial charge in [-0.2, -0.15) is 0 Å². The quantitative estimate of drug-likeness (QED) is 0.452. The number of nitrogens with two attached hydrogens (primary N) is 1. The number of aromatic nitrogens is 1. The minimum absolute atomic E-state index is 0.159. The van der Waals surface area contributed by atoms with Crippen molar-refractivity contribution in [2.45, 2.75) is 4.90 Å². The molecule has 0 radical (unpaired) electrons. The zero-order chi connectivity index (χ0) is 15.6. The van der Waals surface area contributed by atoms with Crippen molar-refractivity contribution >= 4 is 21.5 Å². The van der Waals surface area contributed by atoms with Crippen LogP contribution in [0.3, 0.4) is 0 Å². The van der Waals surface area contributed by atoms with Crippen LogP contribution in [-0.4, -0.2) is 13.4 Å². The number of sulfonamides is 1. The van der Waals surface area contributed by atoms with Crippen LogP contribution in [-0.2, 0) is 10.0 Å². The smallest absolute Gasteiger partial charge is 0.265 e. The standard InChI is InChI=1S/C11H9F3N4O2S/c12-7-4-6(5-8(13)10(7)14)18-21(19,20)9-2-1-3-16-11(9)17-15/h1-5,18H,15H2,(H,16,17). The van der Waals surface area contributed by atoms with Crippen molar-refractivity contribution in [2.24, 2.45) is 5.84 Å². The summed E-state index contributed by atoms with van der Waals surface area (Å²) in [6.07, 6.45) is 1.30. The Morgan fingerprint density at radius 2 is 1.76 bits per heavy atom. The van der Waals surface area contributed by atoms with E-state index in [2.05, 4.69) is 10.4 Å². The van der Waals surface area contributed by atoms with Crippen LogP contribution in [0.25, 0.3) is 0 Å². The van der Waals surface area contributed by atoms with Crippen molar-refractivity contribution in [2.75, 3.05) is 10.1 Å². The second-order valence-electron chi connectivity index (χ2n) is 3.85. The number of halogens is 3. The molecule has 0 aliphatic carbocycles. The molecule has 1 aromatic heterocycles. The van der Waals surface area contributed by atoms with E-state index in [0.29, 0.717) is 12.1 Å². The van der Waals surface area contributed by atoms with Crippen LogP contribution in [0.1, 0.15) is 0 Å². The van der Waals surface area contributed by atoms with Gasteiger partial charge in [-0.3, -0.25) is 4.72 Å². The van der Waals surface area contributed by atoms with E-state index in [1.54, 1.807) is 0 Å². The molecule has 6 nitrogen and oxygen atoms in total. The summed E-state index contributed by atoms with van der Waals surface area (Å²) in [6.45, 7) is 0. The lowest BCUT2D eigenvalue weighted by Gasteiger charge is -2.11. The number of anilines is 2. The van der Waals surface area contributed by atoms with Crippen LogP contribution < -0.4 is 16.0 Å². The highest BCUT2D eigenvalue weighted by Gasteiger charge is 2.21. The molecule has 0 aliphatic heterocycles. The number of hydrogen-bond donors (Lipinski definition) is 3. The fourth-order valence-electron chi connectivity index (χ4n) is 1.54. The normalized spacial score (nSPS) is 11.2. The van der Waals surface area contributed by atoms with Crippen LogP contribution in [0.2, 0.25) is 0 Å². The average Bonchev–Trinajstić information content (AvgIpc) is 2.44. The molecule has 2 rings (SSSR count). The molecule has 0 amide bonds. The summed E-state index contributed by atoms with van der Waals surface area (Å²) in [6, 6.07) is 3.55. The van der Waals surface area contributed by atoms with Crippen molar-refractivity contribution in [1.82, 2.24) is 4.98 Å². The Balaban J connectivity index is 2.42. The van der Waals surface area contributed by atoms with Gasteiger partial charge in [-0.25, -0.2) is 32.4 Å². The summed E-state index contributed by atoms with van der Waals surface area (Å²) >= 11 is 0. The molecule has 0 fully saturated rings. The third kappa shape index (κ3) is 3.06. The van der Waals surface area contributed by atoms with Crippen molar-refractivity contribution in [3.05, 3.63) is 47.9 Å². The third-order valence-corrected chi connectivity index (χ3v) is 3.85. The zero-order valence-electron chi connectivity index (χ0n) is 10.3. The molecular formula is C11H9F3N4O2S. The maximum atomic E-state index is 13.1. The molecular weight excluding hydrogens is 309 g/mol. The molecule has 10 heteroatoms. The SMILES string of the molecule is NNc1ncccc1S(=O)(=O)Nc1cc(F)c(F)c(F)c1. The topological polar surface area (TPSA) is 97.1 Å². The first kappa shape index (κ1) is 15.1. The van der Waals surface area contributed by atoms with E-state index in [0.717, 1.165) is 0 Å². The summed E-state index contributed by atoms with van der Waals surface area (Å²) in [7, 11) is -4.21. The summed E-state index contributed by atoms with van der Waals surface area (Å²) in [5.74, 6) is 0.249. The number of benzene rings is 1. The number of hydrazine groups is 1. The van der Waals surface area contributed by atoms with Crippen molar-refractivity contribution in [3.63, 3.8) is 0 Å². The second-order valence-corrected chi connectivity index (χ2v) is 5.50. The van der Waals surface area contributed by atoms with Crippen molar-refractivity contribution < 1.29 is 21.6 Å². The molecule has 0 saturated carbocycles. The molecule has 0 bridgehead atoms. The van der Waals surface area contributed by atoms with Gasteiger partial charge < -0.3 is 5.43 Å². The number of rotatable bonds is 4. The van der Waals surface area contributed by atoms with E-state index >= 15 is 0 Å². The second kappa shape index (κ2) is 5.58. The van der Waals surface area contributed by atoms with Crippen molar-refractivity contribution in [3.8, 4) is 0 Å². The Morgan fingerprint density at radius 3 is 2.33 bits per heavy atom. The van der Waals surface area contributed by atoms with Gasteiger partial charge in [0.1, 0.15) is 4.90 Å². The molecule has 112 valence electrons. The monoisotopic (exact) mass is 318 g/mol. The van der Waals surface area contributed by atoms with Gasteiger partial charge in [0.25, 0.3) is 10.0 Å². The molecule has 1 aromatic carbocycles. The van der Waals surface area contributed by atoms with Crippen molar-refractivity contribution in [1.29, 1.82) is 0 Å². The number of nitrogens with one attached hydrogen (secondary N) is 2. The zero-order valence-corrected chi connectivity index (χ0v) is 11.1. The van der Waals surface area contributed by atoms with Crippen LogP contribution in [0.5, 0.6) is 0 Å².